The summed E-state index contributed by atoms with van der Waals surface area (Å²) in [6.07, 6.45) is 5.08. The van der Waals surface area contributed by atoms with Gasteiger partial charge in [0.1, 0.15) is 0 Å². The fourth-order valence-electron chi connectivity index (χ4n) is 3.05. The van der Waals surface area contributed by atoms with Crippen LogP contribution in [0.1, 0.15) is 17.3 Å². The fourth-order valence-corrected chi connectivity index (χ4v) is 3.05. The minimum atomic E-state index is 0.694. The van der Waals surface area contributed by atoms with Crippen molar-refractivity contribution in [2.45, 2.75) is 19.8 Å². The van der Waals surface area contributed by atoms with Gasteiger partial charge in [0.15, 0.2) is 22.9 Å². The van der Waals surface area contributed by atoms with Crippen molar-refractivity contribution >= 4 is 22.2 Å². The third-order valence-corrected chi connectivity index (χ3v) is 4.29. The number of aromatic nitrogens is 7. The highest BCUT2D eigenvalue weighted by Crippen LogP contribution is 2.16. The Labute approximate surface area is 143 Å². The van der Waals surface area contributed by atoms with Gasteiger partial charge in [-0.05, 0) is 37.3 Å². The monoisotopic (exact) mass is 329 g/mol. The first kappa shape index (κ1) is 14.0. The molecule has 5 aromatic rings. The summed E-state index contributed by atoms with van der Waals surface area (Å²) in [6, 6.07) is 11.9. The predicted octanol–water partition coefficient (Wildman–Crippen LogP) is 2.41. The molecule has 5 aromatic heterocycles. The summed E-state index contributed by atoms with van der Waals surface area (Å²) in [5.74, 6) is 1.59. The molecule has 0 aromatic carbocycles. The average Bonchev–Trinajstić information content (AvgIpc) is 3.24. The molecule has 0 radical (unpaired) electrons. The van der Waals surface area contributed by atoms with E-state index in [0.29, 0.717) is 12.8 Å². The molecule has 0 aliphatic heterocycles. The van der Waals surface area contributed by atoms with Crippen LogP contribution in [0.25, 0.3) is 22.2 Å². The molecule has 7 nitrogen and oxygen atoms in total. The van der Waals surface area contributed by atoms with E-state index in [0.717, 1.165) is 39.5 Å². The molecule has 5 heterocycles. The van der Waals surface area contributed by atoms with E-state index in [1.54, 1.807) is 10.7 Å². The Morgan fingerprint density at radius 2 is 1.80 bits per heavy atom. The molecule has 5 rings (SSSR count). The Bertz CT molecular complexity index is 1220. The second-order valence-electron chi connectivity index (χ2n) is 6.01. The molecule has 0 aliphatic rings. The number of hydrogen-bond acceptors (Lipinski definition) is 5. The van der Waals surface area contributed by atoms with Gasteiger partial charge < -0.3 is 0 Å². The van der Waals surface area contributed by atoms with Gasteiger partial charge in [0, 0.05) is 36.3 Å². The topological polar surface area (TPSA) is 73.3 Å². The van der Waals surface area contributed by atoms with E-state index in [2.05, 4.69) is 25.1 Å². The molecule has 0 amide bonds. The Morgan fingerprint density at radius 3 is 2.68 bits per heavy atom. The summed E-state index contributed by atoms with van der Waals surface area (Å²) in [5.41, 5.74) is 3.70. The first-order chi connectivity index (χ1) is 12.3. The smallest absolute Gasteiger partial charge is 0.164 e. The third-order valence-electron chi connectivity index (χ3n) is 4.29. The Kier molecular flexibility index (Phi) is 3.00. The van der Waals surface area contributed by atoms with Crippen LogP contribution in [0.5, 0.6) is 0 Å². The molecule has 0 fully saturated rings. The normalized spacial score (nSPS) is 11.7. The van der Waals surface area contributed by atoms with Crippen molar-refractivity contribution in [3.05, 3.63) is 66.1 Å². The lowest BCUT2D eigenvalue weighted by molar-refractivity contribution is 0.783. The van der Waals surface area contributed by atoms with Crippen LogP contribution in [0.3, 0.4) is 0 Å². The van der Waals surface area contributed by atoms with Crippen molar-refractivity contribution in [1.29, 1.82) is 0 Å². The zero-order valence-electron chi connectivity index (χ0n) is 13.7. The molecule has 0 bridgehead atoms. The predicted molar refractivity (Wildman–Crippen MR) is 93.4 cm³/mol. The standard InChI is InChI=1S/C18H15N7/c1-12-4-2-6-17-20-15(23-25(12)17)7-8-16-21-18-13-5-3-10-19-14(13)9-11-24(18)22-16/h2-6,9-11H,7-8H2,1H3. The van der Waals surface area contributed by atoms with Crippen molar-refractivity contribution in [3.63, 3.8) is 0 Å². The maximum atomic E-state index is 4.68. The van der Waals surface area contributed by atoms with E-state index < -0.39 is 0 Å². The highest BCUT2D eigenvalue weighted by molar-refractivity contribution is 5.90. The van der Waals surface area contributed by atoms with E-state index in [1.807, 2.05) is 54.0 Å². The van der Waals surface area contributed by atoms with E-state index in [9.17, 15) is 0 Å². The first-order valence-electron chi connectivity index (χ1n) is 8.18. The van der Waals surface area contributed by atoms with Crippen LogP contribution < -0.4 is 0 Å². The lowest BCUT2D eigenvalue weighted by atomic mass is 10.2. The number of nitrogens with zero attached hydrogens (tertiary/aromatic N) is 7. The summed E-state index contributed by atoms with van der Waals surface area (Å²) < 4.78 is 3.67. The van der Waals surface area contributed by atoms with Crippen LogP contribution in [-0.4, -0.2) is 34.2 Å². The minimum Gasteiger partial charge on any atom is -0.256 e. The zero-order chi connectivity index (χ0) is 16.8. The zero-order valence-corrected chi connectivity index (χ0v) is 13.7. The summed E-state index contributed by atoms with van der Waals surface area (Å²) >= 11 is 0. The number of fused-ring (bicyclic) bond motifs is 4. The van der Waals surface area contributed by atoms with Gasteiger partial charge >= 0.3 is 0 Å². The molecule has 0 aliphatic carbocycles. The number of hydrogen-bond donors (Lipinski definition) is 0. The van der Waals surface area contributed by atoms with Gasteiger partial charge in [-0.2, -0.15) is 10.2 Å². The van der Waals surface area contributed by atoms with Crippen LogP contribution in [-0.2, 0) is 12.8 Å². The molecule has 0 N–H and O–H groups in total. The van der Waals surface area contributed by atoms with Crippen LogP contribution >= 0.6 is 0 Å². The van der Waals surface area contributed by atoms with Crippen molar-refractivity contribution in [2.75, 3.05) is 0 Å². The van der Waals surface area contributed by atoms with E-state index in [4.69, 9.17) is 0 Å². The Hall–Kier alpha value is -3.35. The van der Waals surface area contributed by atoms with Gasteiger partial charge in [0.25, 0.3) is 0 Å². The first-order valence-corrected chi connectivity index (χ1v) is 8.18. The molecule has 0 saturated carbocycles. The summed E-state index contributed by atoms with van der Waals surface area (Å²) in [7, 11) is 0. The molecular weight excluding hydrogens is 314 g/mol. The summed E-state index contributed by atoms with van der Waals surface area (Å²) in [4.78, 5) is 13.6. The van der Waals surface area contributed by atoms with Gasteiger partial charge in [-0.25, -0.2) is 19.0 Å². The molecule has 0 spiro atoms. The van der Waals surface area contributed by atoms with Crippen molar-refractivity contribution in [1.82, 2.24) is 34.2 Å². The highest BCUT2D eigenvalue weighted by atomic mass is 15.3. The quantitative estimate of drug-likeness (QED) is 0.508. The maximum Gasteiger partial charge on any atom is 0.164 e. The van der Waals surface area contributed by atoms with E-state index >= 15 is 0 Å². The third kappa shape index (κ3) is 2.32. The van der Waals surface area contributed by atoms with Crippen LogP contribution in [0.4, 0.5) is 0 Å². The van der Waals surface area contributed by atoms with Gasteiger partial charge in [-0.15, -0.1) is 0 Å². The van der Waals surface area contributed by atoms with E-state index in [-0.39, 0.29) is 0 Å². The lowest BCUT2D eigenvalue weighted by Gasteiger charge is -1.96. The minimum absolute atomic E-state index is 0.694. The molecule has 122 valence electrons. The number of pyridine rings is 3. The van der Waals surface area contributed by atoms with Gasteiger partial charge in [-0.1, -0.05) is 6.07 Å². The van der Waals surface area contributed by atoms with Gasteiger partial charge in [0.05, 0.1) is 5.52 Å². The van der Waals surface area contributed by atoms with Crippen molar-refractivity contribution in [3.8, 4) is 0 Å². The van der Waals surface area contributed by atoms with Crippen molar-refractivity contribution < 1.29 is 0 Å². The van der Waals surface area contributed by atoms with Gasteiger partial charge in [-0.3, -0.25) is 4.98 Å². The number of rotatable bonds is 3. The SMILES string of the molecule is Cc1cccc2nc(CCc3nc4c5cccnc5ccn4n3)nn12. The molecular formula is C18H15N7. The lowest BCUT2D eigenvalue weighted by Crippen LogP contribution is -1.97. The van der Waals surface area contributed by atoms with Crippen LogP contribution in [0, 0.1) is 6.92 Å². The van der Waals surface area contributed by atoms with E-state index in [1.165, 1.54) is 0 Å². The summed E-state index contributed by atoms with van der Waals surface area (Å²) in [5, 5.41) is 10.1. The largest absolute Gasteiger partial charge is 0.256 e. The second kappa shape index (κ2) is 5.34. The summed E-state index contributed by atoms with van der Waals surface area (Å²) in [6.45, 7) is 2.02. The van der Waals surface area contributed by atoms with Crippen molar-refractivity contribution in [2.24, 2.45) is 0 Å². The second-order valence-corrected chi connectivity index (χ2v) is 6.01. The fraction of sp³-hybridized carbons (Fsp3) is 0.167. The molecule has 0 atom stereocenters. The number of aryl methyl sites for hydroxylation is 3. The molecule has 7 heteroatoms. The maximum absolute atomic E-state index is 4.68. The Balaban J connectivity index is 1.47. The highest BCUT2D eigenvalue weighted by Gasteiger charge is 2.10. The van der Waals surface area contributed by atoms with Gasteiger partial charge in [0.2, 0.25) is 0 Å². The van der Waals surface area contributed by atoms with Crippen LogP contribution in [0.15, 0.2) is 48.8 Å². The molecule has 0 unspecified atom stereocenters. The molecule has 0 saturated heterocycles. The van der Waals surface area contributed by atoms with Crippen LogP contribution in [0.2, 0.25) is 0 Å². The average molecular weight is 329 g/mol. The Morgan fingerprint density at radius 1 is 0.920 bits per heavy atom. The molecule has 25 heavy (non-hydrogen) atoms.